The predicted molar refractivity (Wildman–Crippen MR) is 69.7 cm³/mol. The van der Waals surface area contributed by atoms with Crippen LogP contribution in [0, 0.1) is 11.8 Å². The first-order valence-corrected chi connectivity index (χ1v) is 6.20. The van der Waals surface area contributed by atoms with Crippen LogP contribution in [0.1, 0.15) is 20.8 Å². The Morgan fingerprint density at radius 1 is 1.41 bits per heavy atom. The number of hydrogen-bond acceptors (Lipinski definition) is 3. The predicted octanol–water partition coefficient (Wildman–Crippen LogP) is 2.25. The highest BCUT2D eigenvalue weighted by Crippen LogP contribution is 2.24. The molecule has 96 valence electrons. The Morgan fingerprint density at radius 2 is 2.12 bits per heavy atom. The number of nitrogens with zero attached hydrogens (tertiary/aromatic N) is 1. The van der Waals surface area contributed by atoms with Gasteiger partial charge in [-0.05, 0) is 25.3 Å². The number of methoxy groups -OCH3 is 1. The van der Waals surface area contributed by atoms with Crippen molar-refractivity contribution in [1.82, 2.24) is 4.90 Å². The molecule has 0 aromatic carbocycles. The van der Waals surface area contributed by atoms with Crippen molar-refractivity contribution in [2.24, 2.45) is 11.8 Å². The SMILES string of the molecule is C/C=C\C(=C/C)CN1CC(C)C(C(=O)OC)C1. The van der Waals surface area contributed by atoms with Crippen molar-refractivity contribution in [3.05, 3.63) is 23.8 Å². The van der Waals surface area contributed by atoms with Crippen LogP contribution in [0.3, 0.4) is 0 Å². The van der Waals surface area contributed by atoms with Gasteiger partial charge >= 0.3 is 5.97 Å². The standard InChI is InChI=1S/C14H23NO2/c1-5-7-12(6-2)9-15-8-11(3)13(10-15)14(16)17-4/h5-7,11,13H,8-10H2,1-4H3/b7-5-,12-6+. The molecule has 0 aliphatic carbocycles. The molecule has 3 nitrogen and oxygen atoms in total. The molecule has 0 radical (unpaired) electrons. The van der Waals surface area contributed by atoms with Crippen molar-refractivity contribution in [2.75, 3.05) is 26.7 Å². The minimum Gasteiger partial charge on any atom is -0.469 e. The second-order valence-corrected chi connectivity index (χ2v) is 4.66. The van der Waals surface area contributed by atoms with Gasteiger partial charge in [-0.2, -0.15) is 0 Å². The van der Waals surface area contributed by atoms with E-state index >= 15 is 0 Å². The Labute approximate surface area is 104 Å². The van der Waals surface area contributed by atoms with Gasteiger partial charge in [0.05, 0.1) is 13.0 Å². The maximum Gasteiger partial charge on any atom is 0.310 e. The van der Waals surface area contributed by atoms with Gasteiger partial charge in [0, 0.05) is 19.6 Å². The molecule has 2 unspecified atom stereocenters. The first-order valence-electron chi connectivity index (χ1n) is 6.20. The van der Waals surface area contributed by atoms with Gasteiger partial charge in [0.15, 0.2) is 0 Å². The van der Waals surface area contributed by atoms with Crippen LogP contribution in [0.15, 0.2) is 23.8 Å². The zero-order valence-electron chi connectivity index (χ0n) is 11.3. The minimum absolute atomic E-state index is 0.0312. The molecule has 1 fully saturated rings. The second-order valence-electron chi connectivity index (χ2n) is 4.66. The molecule has 1 aliphatic heterocycles. The molecule has 1 rings (SSSR count). The molecule has 0 saturated carbocycles. The van der Waals surface area contributed by atoms with E-state index in [1.54, 1.807) is 0 Å². The summed E-state index contributed by atoms with van der Waals surface area (Å²) in [5, 5.41) is 0. The molecule has 1 saturated heterocycles. The molecule has 0 aromatic heterocycles. The zero-order valence-corrected chi connectivity index (χ0v) is 11.3. The van der Waals surface area contributed by atoms with Crippen molar-refractivity contribution in [1.29, 1.82) is 0 Å². The third kappa shape index (κ3) is 3.70. The van der Waals surface area contributed by atoms with E-state index in [9.17, 15) is 4.79 Å². The third-order valence-corrected chi connectivity index (χ3v) is 3.35. The highest BCUT2D eigenvalue weighted by atomic mass is 16.5. The van der Waals surface area contributed by atoms with E-state index in [1.165, 1.54) is 12.7 Å². The summed E-state index contributed by atoms with van der Waals surface area (Å²) in [6, 6.07) is 0. The Kier molecular flexibility index (Phi) is 5.42. The average molecular weight is 237 g/mol. The number of allylic oxidation sites excluding steroid dienone is 2. The Hall–Kier alpha value is -1.09. The van der Waals surface area contributed by atoms with Gasteiger partial charge in [-0.3, -0.25) is 9.69 Å². The molecule has 0 spiro atoms. The van der Waals surface area contributed by atoms with E-state index in [0.717, 1.165) is 19.6 Å². The Bertz CT molecular complexity index is 320. The van der Waals surface area contributed by atoms with Crippen LogP contribution in [0.2, 0.25) is 0 Å². The maximum absolute atomic E-state index is 11.6. The molecule has 1 heterocycles. The van der Waals surface area contributed by atoms with Crippen LogP contribution >= 0.6 is 0 Å². The zero-order chi connectivity index (χ0) is 12.8. The largest absolute Gasteiger partial charge is 0.469 e. The van der Waals surface area contributed by atoms with Crippen LogP contribution in [0.4, 0.5) is 0 Å². The highest BCUT2D eigenvalue weighted by Gasteiger charge is 2.35. The van der Waals surface area contributed by atoms with Gasteiger partial charge in [0.25, 0.3) is 0 Å². The van der Waals surface area contributed by atoms with Gasteiger partial charge in [-0.25, -0.2) is 0 Å². The lowest BCUT2D eigenvalue weighted by molar-refractivity contribution is -0.146. The molecular formula is C14H23NO2. The van der Waals surface area contributed by atoms with Crippen molar-refractivity contribution in [2.45, 2.75) is 20.8 Å². The summed E-state index contributed by atoms with van der Waals surface area (Å²) in [4.78, 5) is 13.9. The highest BCUT2D eigenvalue weighted by molar-refractivity contribution is 5.73. The van der Waals surface area contributed by atoms with Crippen molar-refractivity contribution in [3.8, 4) is 0 Å². The van der Waals surface area contributed by atoms with Gasteiger partial charge in [-0.15, -0.1) is 0 Å². The number of rotatable bonds is 4. The fourth-order valence-electron chi connectivity index (χ4n) is 2.37. The monoisotopic (exact) mass is 237 g/mol. The van der Waals surface area contributed by atoms with Gasteiger partial charge in [0.2, 0.25) is 0 Å². The van der Waals surface area contributed by atoms with Crippen LogP contribution < -0.4 is 0 Å². The lowest BCUT2D eigenvalue weighted by Crippen LogP contribution is -2.25. The molecule has 17 heavy (non-hydrogen) atoms. The van der Waals surface area contributed by atoms with E-state index in [-0.39, 0.29) is 11.9 Å². The van der Waals surface area contributed by atoms with E-state index in [2.05, 4.69) is 24.0 Å². The molecular weight excluding hydrogens is 214 g/mol. The second kappa shape index (κ2) is 6.60. The molecule has 0 bridgehead atoms. The first-order chi connectivity index (χ1) is 8.12. The summed E-state index contributed by atoms with van der Waals surface area (Å²) >= 11 is 0. The topological polar surface area (TPSA) is 29.5 Å². The fraction of sp³-hybridized carbons (Fsp3) is 0.643. The summed E-state index contributed by atoms with van der Waals surface area (Å²) in [7, 11) is 1.47. The fourth-order valence-corrected chi connectivity index (χ4v) is 2.37. The minimum atomic E-state index is -0.0759. The molecule has 0 N–H and O–H groups in total. The van der Waals surface area contributed by atoms with Crippen molar-refractivity contribution in [3.63, 3.8) is 0 Å². The number of carbonyl (C=O) groups excluding carboxylic acids is 1. The summed E-state index contributed by atoms with van der Waals surface area (Å²) < 4.78 is 4.84. The smallest absolute Gasteiger partial charge is 0.310 e. The Morgan fingerprint density at radius 3 is 2.65 bits per heavy atom. The summed E-state index contributed by atoms with van der Waals surface area (Å²) in [5.74, 6) is 0.336. The Balaban J connectivity index is 2.57. The lowest BCUT2D eigenvalue weighted by atomic mass is 9.99. The summed E-state index contributed by atoms with van der Waals surface area (Å²) in [6.45, 7) is 8.88. The van der Waals surface area contributed by atoms with E-state index in [0.29, 0.717) is 5.92 Å². The summed E-state index contributed by atoms with van der Waals surface area (Å²) in [6.07, 6.45) is 6.29. The van der Waals surface area contributed by atoms with Crippen molar-refractivity contribution < 1.29 is 9.53 Å². The van der Waals surface area contributed by atoms with Gasteiger partial charge < -0.3 is 4.74 Å². The van der Waals surface area contributed by atoms with Crippen LogP contribution in [-0.2, 0) is 9.53 Å². The van der Waals surface area contributed by atoms with E-state index in [1.807, 2.05) is 19.9 Å². The maximum atomic E-state index is 11.6. The number of ether oxygens (including phenoxy) is 1. The van der Waals surface area contributed by atoms with Gasteiger partial charge in [0.1, 0.15) is 0 Å². The van der Waals surface area contributed by atoms with Crippen molar-refractivity contribution >= 4 is 5.97 Å². The molecule has 1 aliphatic rings. The lowest BCUT2D eigenvalue weighted by Gasteiger charge is -2.15. The van der Waals surface area contributed by atoms with Crippen LogP contribution in [0.5, 0.6) is 0 Å². The third-order valence-electron chi connectivity index (χ3n) is 3.35. The number of carbonyl (C=O) groups is 1. The average Bonchev–Trinajstić information content (AvgIpc) is 2.68. The normalized spacial score (nSPS) is 26.7. The quantitative estimate of drug-likeness (QED) is 0.555. The molecule has 0 aromatic rings. The number of hydrogen-bond donors (Lipinski definition) is 0. The number of likely N-dealkylation sites (tertiary alicyclic amines) is 1. The van der Waals surface area contributed by atoms with Crippen LogP contribution in [0.25, 0.3) is 0 Å². The first kappa shape index (κ1) is 14.0. The molecule has 3 heteroatoms. The molecule has 2 atom stereocenters. The summed E-state index contributed by atoms with van der Waals surface area (Å²) in [5.41, 5.74) is 1.30. The molecule has 0 amide bonds. The van der Waals surface area contributed by atoms with E-state index in [4.69, 9.17) is 4.74 Å². The van der Waals surface area contributed by atoms with E-state index < -0.39 is 0 Å². The van der Waals surface area contributed by atoms with Gasteiger partial charge in [-0.1, -0.05) is 25.2 Å². The van der Waals surface area contributed by atoms with Crippen LogP contribution in [-0.4, -0.2) is 37.6 Å². The number of esters is 1.